The Kier molecular flexibility index (Phi) is 6.29. The van der Waals surface area contributed by atoms with Crippen molar-refractivity contribution in [3.63, 3.8) is 0 Å². The minimum atomic E-state index is -0.386. The van der Waals surface area contributed by atoms with Gasteiger partial charge in [-0.3, -0.25) is 9.89 Å². The van der Waals surface area contributed by atoms with Crippen LogP contribution in [0.5, 0.6) is 5.75 Å². The molecule has 0 aliphatic carbocycles. The highest BCUT2D eigenvalue weighted by molar-refractivity contribution is 5.94. The molecule has 29 heavy (non-hydrogen) atoms. The number of carbonyl (C=O) groups excluding carboxylic acids is 2. The Labute approximate surface area is 169 Å². The maximum absolute atomic E-state index is 12.6. The number of ether oxygens (including phenoxy) is 2. The number of H-pyrrole nitrogens is 1. The summed E-state index contributed by atoms with van der Waals surface area (Å²) in [5.74, 6) is 0.197. The Morgan fingerprint density at radius 2 is 1.76 bits per heavy atom. The van der Waals surface area contributed by atoms with Crippen LogP contribution in [0, 0.1) is 6.92 Å². The van der Waals surface area contributed by atoms with E-state index in [9.17, 15) is 9.59 Å². The largest absolute Gasteiger partial charge is 0.497 e. The van der Waals surface area contributed by atoms with E-state index in [4.69, 9.17) is 9.47 Å². The van der Waals surface area contributed by atoms with Gasteiger partial charge in [0.15, 0.2) is 0 Å². The van der Waals surface area contributed by atoms with Crippen molar-refractivity contribution < 1.29 is 19.1 Å². The monoisotopic (exact) mass is 393 g/mol. The normalized spacial score (nSPS) is 10.4. The smallest absolute Gasteiger partial charge is 0.338 e. The van der Waals surface area contributed by atoms with E-state index in [1.807, 2.05) is 31.2 Å². The highest BCUT2D eigenvalue weighted by atomic mass is 16.5. The van der Waals surface area contributed by atoms with Crippen molar-refractivity contribution in [2.24, 2.45) is 0 Å². The Hall–Kier alpha value is -3.61. The summed E-state index contributed by atoms with van der Waals surface area (Å²) in [6.07, 6.45) is 0.170. The number of aromatic nitrogens is 2. The molecular weight excluding hydrogens is 370 g/mol. The molecule has 2 N–H and O–H groups in total. The lowest BCUT2D eigenvalue weighted by molar-refractivity contribution is -0.115. The second-order valence-corrected chi connectivity index (χ2v) is 6.43. The van der Waals surface area contributed by atoms with Gasteiger partial charge in [0.2, 0.25) is 5.91 Å². The maximum Gasteiger partial charge on any atom is 0.338 e. The van der Waals surface area contributed by atoms with Crippen LogP contribution in [-0.2, 0) is 16.0 Å². The molecule has 0 bridgehead atoms. The second-order valence-electron chi connectivity index (χ2n) is 6.43. The molecule has 0 fully saturated rings. The van der Waals surface area contributed by atoms with E-state index < -0.39 is 0 Å². The molecule has 1 aromatic heterocycles. The second kappa shape index (κ2) is 9.05. The van der Waals surface area contributed by atoms with Gasteiger partial charge in [-0.25, -0.2) is 4.79 Å². The summed E-state index contributed by atoms with van der Waals surface area (Å²) in [5.41, 5.74) is 4.35. The zero-order valence-corrected chi connectivity index (χ0v) is 16.6. The molecule has 0 unspecified atom stereocenters. The number of rotatable bonds is 7. The molecule has 3 aromatic rings. The third-order valence-corrected chi connectivity index (χ3v) is 4.45. The van der Waals surface area contributed by atoms with Crippen LogP contribution in [0.4, 0.5) is 5.69 Å². The summed E-state index contributed by atoms with van der Waals surface area (Å²) in [6.45, 7) is 3.96. The molecule has 0 saturated heterocycles. The minimum Gasteiger partial charge on any atom is -0.497 e. The van der Waals surface area contributed by atoms with Gasteiger partial charge in [-0.05, 0) is 62.4 Å². The van der Waals surface area contributed by atoms with Crippen molar-refractivity contribution in [3.05, 3.63) is 65.4 Å². The lowest BCUT2D eigenvalue weighted by atomic mass is 10.0. The first-order chi connectivity index (χ1) is 14.0. The average molecular weight is 393 g/mol. The molecule has 1 amide bonds. The number of amides is 1. The van der Waals surface area contributed by atoms with Crippen LogP contribution in [0.3, 0.4) is 0 Å². The molecule has 7 heteroatoms. The van der Waals surface area contributed by atoms with Crippen molar-refractivity contribution in [1.29, 1.82) is 0 Å². The highest BCUT2D eigenvalue weighted by Crippen LogP contribution is 2.26. The quantitative estimate of drug-likeness (QED) is 0.596. The van der Waals surface area contributed by atoms with Crippen LogP contribution < -0.4 is 10.1 Å². The molecule has 0 saturated carbocycles. The van der Waals surface area contributed by atoms with Gasteiger partial charge in [-0.2, -0.15) is 5.10 Å². The lowest BCUT2D eigenvalue weighted by Gasteiger charge is -2.08. The van der Waals surface area contributed by atoms with Crippen molar-refractivity contribution in [1.82, 2.24) is 10.2 Å². The predicted octanol–water partition coefficient (Wildman–Crippen LogP) is 3.75. The first-order valence-corrected chi connectivity index (χ1v) is 9.27. The SMILES string of the molecule is CCOC(=O)c1ccc(NC(=O)Cc2c(-c3ccc(OC)cc3)n[nH]c2C)cc1. The van der Waals surface area contributed by atoms with Crippen molar-refractivity contribution in [2.45, 2.75) is 20.3 Å². The van der Waals surface area contributed by atoms with Crippen LogP contribution in [0.25, 0.3) is 11.3 Å². The third-order valence-electron chi connectivity index (χ3n) is 4.45. The number of carbonyl (C=O) groups is 2. The van der Waals surface area contributed by atoms with Gasteiger partial charge in [0.05, 0.1) is 31.4 Å². The number of aromatic amines is 1. The van der Waals surface area contributed by atoms with E-state index in [1.165, 1.54) is 0 Å². The number of hydrogen-bond acceptors (Lipinski definition) is 5. The van der Waals surface area contributed by atoms with E-state index in [0.29, 0.717) is 17.9 Å². The van der Waals surface area contributed by atoms with E-state index >= 15 is 0 Å². The van der Waals surface area contributed by atoms with Crippen LogP contribution in [0.2, 0.25) is 0 Å². The van der Waals surface area contributed by atoms with Gasteiger partial charge in [0, 0.05) is 22.5 Å². The number of anilines is 1. The summed E-state index contributed by atoms with van der Waals surface area (Å²) in [4.78, 5) is 24.3. The number of benzene rings is 2. The summed E-state index contributed by atoms with van der Waals surface area (Å²) < 4.78 is 10.1. The van der Waals surface area contributed by atoms with Gasteiger partial charge in [0.25, 0.3) is 0 Å². The molecule has 150 valence electrons. The van der Waals surface area contributed by atoms with Gasteiger partial charge >= 0.3 is 5.97 Å². The minimum absolute atomic E-state index is 0.170. The first-order valence-electron chi connectivity index (χ1n) is 9.27. The zero-order chi connectivity index (χ0) is 20.8. The molecule has 2 aromatic carbocycles. The third kappa shape index (κ3) is 4.82. The van der Waals surface area contributed by atoms with Crippen LogP contribution in [-0.4, -0.2) is 35.8 Å². The standard InChI is InChI=1S/C22H23N3O4/c1-4-29-22(27)16-5-9-17(10-6-16)23-20(26)13-19-14(2)24-25-21(19)15-7-11-18(28-3)12-8-15/h5-12H,4,13H2,1-3H3,(H,23,26)(H,24,25). The molecular formula is C22H23N3O4. The Balaban J connectivity index is 1.71. The summed E-state index contributed by atoms with van der Waals surface area (Å²) in [6, 6.07) is 14.1. The number of methoxy groups -OCH3 is 1. The first kappa shape index (κ1) is 20.1. The number of aryl methyl sites for hydroxylation is 1. The fraction of sp³-hybridized carbons (Fsp3) is 0.227. The van der Waals surface area contributed by atoms with Gasteiger partial charge in [-0.15, -0.1) is 0 Å². The summed E-state index contributed by atoms with van der Waals surface area (Å²) >= 11 is 0. The Morgan fingerprint density at radius 3 is 2.38 bits per heavy atom. The molecule has 0 radical (unpaired) electrons. The van der Waals surface area contributed by atoms with Crippen molar-refractivity contribution in [2.75, 3.05) is 19.0 Å². The molecule has 0 aliphatic rings. The van der Waals surface area contributed by atoms with E-state index in [0.717, 1.165) is 28.3 Å². The van der Waals surface area contributed by atoms with Gasteiger partial charge < -0.3 is 14.8 Å². The van der Waals surface area contributed by atoms with Crippen LogP contribution in [0.1, 0.15) is 28.5 Å². The fourth-order valence-electron chi connectivity index (χ4n) is 2.93. The Morgan fingerprint density at radius 1 is 1.07 bits per heavy atom. The van der Waals surface area contributed by atoms with Crippen molar-refractivity contribution >= 4 is 17.6 Å². The highest BCUT2D eigenvalue weighted by Gasteiger charge is 2.16. The van der Waals surface area contributed by atoms with Crippen LogP contribution in [0.15, 0.2) is 48.5 Å². The van der Waals surface area contributed by atoms with Gasteiger partial charge in [0.1, 0.15) is 5.75 Å². The van der Waals surface area contributed by atoms with E-state index in [-0.39, 0.29) is 18.3 Å². The number of nitrogens with zero attached hydrogens (tertiary/aromatic N) is 1. The number of esters is 1. The summed E-state index contributed by atoms with van der Waals surface area (Å²) in [5, 5.41) is 10.2. The summed E-state index contributed by atoms with van der Waals surface area (Å²) in [7, 11) is 1.61. The maximum atomic E-state index is 12.6. The number of hydrogen-bond donors (Lipinski definition) is 2. The lowest BCUT2D eigenvalue weighted by Crippen LogP contribution is -2.15. The van der Waals surface area contributed by atoms with E-state index in [1.54, 1.807) is 38.3 Å². The van der Waals surface area contributed by atoms with E-state index in [2.05, 4.69) is 15.5 Å². The fourth-order valence-corrected chi connectivity index (χ4v) is 2.93. The number of nitrogens with one attached hydrogen (secondary N) is 2. The molecule has 1 heterocycles. The molecule has 0 aliphatic heterocycles. The van der Waals surface area contributed by atoms with Gasteiger partial charge in [-0.1, -0.05) is 0 Å². The average Bonchev–Trinajstić information content (AvgIpc) is 3.09. The zero-order valence-electron chi connectivity index (χ0n) is 16.6. The molecule has 0 spiro atoms. The Bertz CT molecular complexity index is 992. The predicted molar refractivity (Wildman–Crippen MR) is 110 cm³/mol. The topological polar surface area (TPSA) is 93.3 Å². The molecule has 7 nitrogen and oxygen atoms in total. The molecule has 0 atom stereocenters. The molecule has 3 rings (SSSR count). The van der Waals surface area contributed by atoms with Crippen molar-refractivity contribution in [3.8, 4) is 17.0 Å². The van der Waals surface area contributed by atoms with Crippen LogP contribution >= 0.6 is 0 Å².